The predicted octanol–water partition coefficient (Wildman–Crippen LogP) is 9.03. The maximum Gasteiger partial charge on any atom is 0.509 e. The monoisotopic (exact) mass is 466 g/mol. The third-order valence-electron chi connectivity index (χ3n) is 6.59. The lowest BCUT2D eigenvalue weighted by Gasteiger charge is -2.29. The van der Waals surface area contributed by atoms with Crippen molar-refractivity contribution in [1.82, 2.24) is 0 Å². The van der Waals surface area contributed by atoms with Crippen molar-refractivity contribution < 1.29 is 19.0 Å². The van der Waals surface area contributed by atoms with Gasteiger partial charge in [-0.2, -0.15) is 0 Å². The first-order valence-electron chi connectivity index (χ1n) is 13.4. The van der Waals surface area contributed by atoms with Gasteiger partial charge in [0.2, 0.25) is 0 Å². The minimum absolute atomic E-state index is 0.0494. The molecule has 186 valence electrons. The fourth-order valence-electron chi connectivity index (χ4n) is 4.50. The molecule has 2 aromatic rings. The molecule has 0 aromatic heterocycles. The van der Waals surface area contributed by atoms with Crippen molar-refractivity contribution in [3.8, 4) is 16.9 Å². The van der Waals surface area contributed by atoms with Crippen LogP contribution >= 0.6 is 0 Å². The van der Waals surface area contributed by atoms with Gasteiger partial charge in [-0.25, -0.2) is 4.79 Å². The van der Waals surface area contributed by atoms with Crippen LogP contribution in [0.25, 0.3) is 11.1 Å². The van der Waals surface area contributed by atoms with Gasteiger partial charge < -0.3 is 14.2 Å². The molecule has 1 heterocycles. The number of hydrogen-bond acceptors (Lipinski definition) is 4. The fraction of sp³-hybridized carbons (Fsp3) is 0.567. The van der Waals surface area contributed by atoms with Gasteiger partial charge in [-0.3, -0.25) is 0 Å². The van der Waals surface area contributed by atoms with E-state index in [1.165, 1.54) is 51.4 Å². The Labute approximate surface area is 206 Å². The maximum atomic E-state index is 12.0. The molecule has 0 radical (unpaired) electrons. The molecule has 0 unspecified atom stereocenters. The Hall–Kier alpha value is -2.49. The molecule has 1 aliphatic heterocycles. The average Bonchev–Trinajstić information content (AvgIpc) is 2.86. The average molecular weight is 467 g/mol. The summed E-state index contributed by atoms with van der Waals surface area (Å²) in [5, 5.41) is 0. The molecule has 1 fully saturated rings. The molecule has 0 spiro atoms. The summed E-state index contributed by atoms with van der Waals surface area (Å²) in [6, 6.07) is 16.6. The summed E-state index contributed by atoms with van der Waals surface area (Å²) in [6.45, 7) is 5.23. The summed E-state index contributed by atoms with van der Waals surface area (Å²) in [4.78, 5) is 12.0. The van der Waals surface area contributed by atoms with E-state index < -0.39 is 6.16 Å². The van der Waals surface area contributed by atoms with Gasteiger partial charge in [0, 0.05) is 6.42 Å². The van der Waals surface area contributed by atoms with Gasteiger partial charge in [0.05, 0.1) is 6.61 Å². The van der Waals surface area contributed by atoms with Crippen LogP contribution in [0.1, 0.15) is 103 Å². The molecular weight excluding hydrogens is 424 g/mol. The summed E-state index contributed by atoms with van der Waals surface area (Å²) < 4.78 is 16.8. The Morgan fingerprint density at radius 3 is 2.00 bits per heavy atom. The number of carbonyl (C=O) groups is 1. The summed E-state index contributed by atoms with van der Waals surface area (Å²) in [5.74, 6) is 0.924. The zero-order valence-electron chi connectivity index (χ0n) is 21.1. The number of benzene rings is 2. The first-order valence-corrected chi connectivity index (χ1v) is 13.4. The number of hydrogen-bond donors (Lipinski definition) is 0. The van der Waals surface area contributed by atoms with Crippen molar-refractivity contribution in [2.24, 2.45) is 0 Å². The molecule has 2 aromatic carbocycles. The summed E-state index contributed by atoms with van der Waals surface area (Å²) in [7, 11) is 0. The lowest BCUT2D eigenvalue weighted by atomic mass is 9.96. The Kier molecular flexibility index (Phi) is 11.3. The van der Waals surface area contributed by atoms with E-state index in [0.717, 1.165) is 54.7 Å². The predicted molar refractivity (Wildman–Crippen MR) is 138 cm³/mol. The van der Waals surface area contributed by atoms with Gasteiger partial charge in [0.15, 0.2) is 0 Å². The van der Waals surface area contributed by atoms with E-state index in [9.17, 15) is 4.79 Å². The fourth-order valence-corrected chi connectivity index (χ4v) is 4.50. The van der Waals surface area contributed by atoms with Crippen LogP contribution in [-0.2, 0) is 9.47 Å². The van der Waals surface area contributed by atoms with Crippen molar-refractivity contribution in [3.63, 3.8) is 0 Å². The maximum absolute atomic E-state index is 12.0. The van der Waals surface area contributed by atoms with E-state index in [4.69, 9.17) is 14.2 Å². The SMILES string of the molecule is CCCCCCCCOc1ccc(-c2ccc([C@H]3C[C@@H](CCCCCC)OC(=O)O3)cc2)cc1. The molecule has 2 atom stereocenters. The van der Waals surface area contributed by atoms with Crippen LogP contribution in [0.15, 0.2) is 48.5 Å². The summed E-state index contributed by atoms with van der Waals surface area (Å²) in [6.07, 6.45) is 13.1. The Morgan fingerprint density at radius 2 is 1.32 bits per heavy atom. The number of ether oxygens (including phenoxy) is 3. The van der Waals surface area contributed by atoms with Crippen LogP contribution in [0.2, 0.25) is 0 Å². The smallest absolute Gasteiger partial charge is 0.494 e. The standard InChI is InChI=1S/C30H42O4/c1-3-5-7-9-10-12-22-32-27-20-18-25(19-21-27)24-14-16-26(17-15-24)29-23-28(33-30(31)34-29)13-11-8-6-4-2/h14-21,28-29H,3-13,22-23H2,1-2H3/t28-,29-/m1/s1. The van der Waals surface area contributed by atoms with Gasteiger partial charge in [0.1, 0.15) is 18.0 Å². The number of rotatable bonds is 15. The summed E-state index contributed by atoms with van der Waals surface area (Å²) >= 11 is 0. The lowest BCUT2D eigenvalue weighted by Crippen LogP contribution is -2.29. The van der Waals surface area contributed by atoms with E-state index >= 15 is 0 Å². The second-order valence-electron chi connectivity index (χ2n) is 9.44. The van der Waals surface area contributed by atoms with Crippen LogP contribution in [0.4, 0.5) is 4.79 Å². The van der Waals surface area contributed by atoms with Gasteiger partial charge in [-0.05, 0) is 48.1 Å². The summed E-state index contributed by atoms with van der Waals surface area (Å²) in [5.41, 5.74) is 3.31. The Morgan fingerprint density at radius 1 is 0.735 bits per heavy atom. The molecule has 0 amide bonds. The first-order chi connectivity index (χ1) is 16.7. The van der Waals surface area contributed by atoms with E-state index in [0.29, 0.717) is 0 Å². The number of carbonyl (C=O) groups excluding carboxylic acids is 1. The van der Waals surface area contributed by atoms with Crippen LogP contribution in [0.5, 0.6) is 5.75 Å². The Balaban J connectivity index is 1.47. The van der Waals surface area contributed by atoms with Crippen LogP contribution in [-0.4, -0.2) is 18.9 Å². The number of unbranched alkanes of at least 4 members (excludes halogenated alkanes) is 8. The molecule has 1 saturated heterocycles. The molecule has 3 rings (SSSR count). The van der Waals surface area contributed by atoms with Crippen LogP contribution in [0, 0.1) is 0 Å². The minimum Gasteiger partial charge on any atom is -0.494 e. The molecule has 4 heteroatoms. The number of cyclic esters (lactones) is 2. The van der Waals surface area contributed by atoms with Gasteiger partial charge in [-0.1, -0.05) is 102 Å². The zero-order chi connectivity index (χ0) is 24.0. The topological polar surface area (TPSA) is 44.8 Å². The van der Waals surface area contributed by atoms with E-state index in [1.54, 1.807) is 0 Å². The highest BCUT2D eigenvalue weighted by Gasteiger charge is 2.30. The molecule has 1 aliphatic rings. The molecule has 4 nitrogen and oxygen atoms in total. The third kappa shape index (κ3) is 8.70. The highest BCUT2D eigenvalue weighted by molar-refractivity contribution is 5.65. The largest absolute Gasteiger partial charge is 0.509 e. The van der Waals surface area contributed by atoms with Crippen LogP contribution < -0.4 is 4.74 Å². The molecule has 34 heavy (non-hydrogen) atoms. The molecule has 0 aliphatic carbocycles. The third-order valence-corrected chi connectivity index (χ3v) is 6.59. The van der Waals surface area contributed by atoms with E-state index in [2.05, 4.69) is 50.2 Å². The second kappa shape index (κ2) is 14.7. The van der Waals surface area contributed by atoms with Gasteiger partial charge in [-0.15, -0.1) is 0 Å². The minimum atomic E-state index is -0.544. The quantitative estimate of drug-likeness (QED) is 0.194. The van der Waals surface area contributed by atoms with Crippen molar-refractivity contribution >= 4 is 6.16 Å². The van der Waals surface area contributed by atoms with E-state index in [-0.39, 0.29) is 12.2 Å². The first kappa shape index (κ1) is 26.1. The van der Waals surface area contributed by atoms with Gasteiger partial charge in [0.25, 0.3) is 0 Å². The van der Waals surface area contributed by atoms with Crippen molar-refractivity contribution in [1.29, 1.82) is 0 Å². The molecular formula is C30H42O4. The van der Waals surface area contributed by atoms with Crippen molar-refractivity contribution in [3.05, 3.63) is 54.1 Å². The Bertz CT molecular complexity index is 828. The van der Waals surface area contributed by atoms with Crippen molar-refractivity contribution in [2.45, 2.75) is 103 Å². The van der Waals surface area contributed by atoms with Crippen LogP contribution in [0.3, 0.4) is 0 Å². The second-order valence-corrected chi connectivity index (χ2v) is 9.44. The van der Waals surface area contributed by atoms with Gasteiger partial charge >= 0.3 is 6.16 Å². The van der Waals surface area contributed by atoms with E-state index in [1.807, 2.05) is 12.1 Å². The molecule has 0 N–H and O–H groups in total. The molecule has 0 bridgehead atoms. The highest BCUT2D eigenvalue weighted by Crippen LogP contribution is 2.32. The highest BCUT2D eigenvalue weighted by atomic mass is 16.7. The van der Waals surface area contributed by atoms with Crippen molar-refractivity contribution in [2.75, 3.05) is 6.61 Å². The lowest BCUT2D eigenvalue weighted by molar-refractivity contribution is -0.0638. The zero-order valence-corrected chi connectivity index (χ0v) is 21.1. The normalized spacial score (nSPS) is 17.8. The molecule has 0 saturated carbocycles.